The van der Waals surface area contributed by atoms with Crippen molar-refractivity contribution in [1.29, 1.82) is 0 Å². The fraction of sp³-hybridized carbons (Fsp3) is 0. The van der Waals surface area contributed by atoms with Gasteiger partial charge in [-0.2, -0.15) is 0 Å². The third-order valence-electron chi connectivity index (χ3n) is 0. The molecule has 0 N–H and O–H groups in total. The van der Waals surface area contributed by atoms with Gasteiger partial charge in [0.05, 0.1) is 0 Å². The summed E-state index contributed by atoms with van der Waals surface area (Å²) in [5.74, 6) is 0. The van der Waals surface area contributed by atoms with Crippen LogP contribution in [0.3, 0.4) is 0 Å². The van der Waals surface area contributed by atoms with E-state index in [1.54, 1.807) is 0 Å². The molecule has 0 amide bonds. The van der Waals surface area contributed by atoms with Crippen molar-refractivity contribution in [1.82, 2.24) is 0 Å². The summed E-state index contributed by atoms with van der Waals surface area (Å²) in [7, 11) is 0. The molecule has 0 aromatic carbocycles. The minimum atomic E-state index is -4.64. The summed E-state index contributed by atoms with van der Waals surface area (Å²) in [5, 5.41) is 0. The predicted octanol–water partition coefficient (Wildman–Crippen LogP) is -1.12. The van der Waals surface area contributed by atoms with E-state index in [4.69, 9.17) is 0 Å². The van der Waals surface area contributed by atoms with Crippen LogP contribution in [0.5, 0.6) is 0 Å². The summed E-state index contributed by atoms with van der Waals surface area (Å²) in [5.41, 5.74) is 0. The number of rotatable bonds is 0. The first-order valence-electron chi connectivity index (χ1n) is 1.31. The van der Waals surface area contributed by atoms with Crippen LogP contribution in [0.2, 0.25) is 0 Å². The van der Waals surface area contributed by atoms with Crippen molar-refractivity contribution in [3.05, 3.63) is 0 Å². The van der Waals surface area contributed by atoms with Gasteiger partial charge in [0.15, 0.2) is 0 Å². The molecule has 0 unspecified atom stereocenters. The fourth-order valence-corrected chi connectivity index (χ4v) is 0. The average Bonchev–Trinajstić information content (AvgIpc) is 1.25. The van der Waals surface area contributed by atoms with Crippen LogP contribution in [0.15, 0.2) is 0 Å². The summed E-state index contributed by atoms with van der Waals surface area (Å²) < 4.78 is 58.8. The molecule has 0 rings (SSSR count). The molecule has 0 bridgehead atoms. The van der Waals surface area contributed by atoms with Crippen LogP contribution in [-0.4, -0.2) is 31.1 Å². The Kier molecular flexibility index (Phi) is 23.2. The van der Waals surface area contributed by atoms with Gasteiger partial charge in [0.1, 0.15) is 0 Å². The smallest absolute Gasteiger partial charge is 1.00 e. The van der Waals surface area contributed by atoms with Crippen molar-refractivity contribution in [3.63, 3.8) is 0 Å². The molecule has 0 fully saturated rings. The monoisotopic (exact) mass is 192 g/mol. The molecule has 0 saturated carbocycles. The molecule has 0 aliphatic rings. The molecule has 0 saturated heterocycles. The van der Waals surface area contributed by atoms with Gasteiger partial charge in [-0.25, -0.2) is 0 Å². The van der Waals surface area contributed by atoms with E-state index < -0.39 is 31.1 Å². The van der Waals surface area contributed by atoms with Crippen LogP contribution >= 0.6 is 0 Å². The standard InChI is InChI=1S/2Al.6FH.Na.H/h;;6*1H;;/q2*+3;;;;;;;+1;-1/p-6. The Bertz CT molecular complexity index is 31.2. The van der Waals surface area contributed by atoms with Gasteiger partial charge in [0, 0.05) is 0 Å². The first-order valence-corrected chi connectivity index (χ1v) is 3.93. The number of hydrogen-bond donors (Lipinski definition) is 0. The topological polar surface area (TPSA) is 0 Å². The van der Waals surface area contributed by atoms with E-state index in [0.29, 0.717) is 0 Å². The maximum atomic E-state index is 9.81. The van der Waals surface area contributed by atoms with Crippen LogP contribution in [0, 0.1) is 0 Å². The Hall–Kier alpha value is 1.64. The Morgan fingerprint density at radius 3 is 0.667 bits per heavy atom. The molecule has 0 atom stereocenters. The Morgan fingerprint density at radius 1 is 0.667 bits per heavy atom. The molecular formula is HAl2F6Na. The molecule has 9 heavy (non-hydrogen) atoms. The zero-order valence-electron chi connectivity index (χ0n) is 5.42. The summed E-state index contributed by atoms with van der Waals surface area (Å²) in [6, 6.07) is 0. The van der Waals surface area contributed by atoms with E-state index in [1.165, 1.54) is 0 Å². The zero-order valence-corrected chi connectivity index (χ0v) is 8.73. The van der Waals surface area contributed by atoms with Gasteiger partial charge < -0.3 is 22.6 Å². The molecule has 0 heterocycles. The van der Waals surface area contributed by atoms with Gasteiger partial charge in [0.25, 0.3) is 0 Å². The van der Waals surface area contributed by atoms with Gasteiger partial charge in [-0.1, -0.05) is 0 Å². The van der Waals surface area contributed by atoms with Crippen LogP contribution in [0.1, 0.15) is 1.43 Å². The van der Waals surface area contributed by atoms with Gasteiger partial charge in [0.2, 0.25) is 0 Å². The zero-order chi connectivity index (χ0) is 7.15. The molecule has 9 heteroatoms. The van der Waals surface area contributed by atoms with Crippen LogP contribution < -0.4 is 29.6 Å². The average molecular weight is 192 g/mol. The van der Waals surface area contributed by atoms with Gasteiger partial charge in [-0.05, 0) is 0 Å². The number of halogens is 6. The van der Waals surface area contributed by atoms with E-state index in [0.717, 1.165) is 0 Å². The second kappa shape index (κ2) is 12.3. The molecule has 50 valence electrons. The summed E-state index contributed by atoms with van der Waals surface area (Å²) in [6.07, 6.45) is 0. The normalized spacial score (nSPS) is 6.00. The van der Waals surface area contributed by atoms with Crippen molar-refractivity contribution in [2.75, 3.05) is 0 Å². The molecule has 0 aromatic rings. The quantitative estimate of drug-likeness (QED) is 0.336. The molecule has 0 nitrogen and oxygen atoms in total. The van der Waals surface area contributed by atoms with E-state index in [2.05, 4.69) is 0 Å². The van der Waals surface area contributed by atoms with Crippen molar-refractivity contribution in [2.45, 2.75) is 0 Å². The van der Waals surface area contributed by atoms with Crippen molar-refractivity contribution >= 4 is 31.1 Å². The largest absolute Gasteiger partial charge is 1.04 e. The summed E-state index contributed by atoms with van der Waals surface area (Å²) in [6.45, 7) is 0. The first kappa shape index (κ1) is 16.9. The Morgan fingerprint density at radius 2 is 0.667 bits per heavy atom. The van der Waals surface area contributed by atoms with Crippen LogP contribution in [0.25, 0.3) is 0 Å². The molecule has 0 aliphatic heterocycles. The minimum Gasteiger partial charge on any atom is -1.00 e. The number of hydrogen-bond acceptors (Lipinski definition) is 0. The second-order valence-corrected chi connectivity index (χ2v) is 1.48. The molecule has 0 radical (unpaired) electrons. The second-order valence-electron chi connectivity index (χ2n) is 0.495. The van der Waals surface area contributed by atoms with Gasteiger partial charge >= 0.3 is 60.6 Å². The first-order chi connectivity index (χ1) is 3.46. The third kappa shape index (κ3) is 208. The Labute approximate surface area is 82.6 Å². The van der Waals surface area contributed by atoms with E-state index >= 15 is 0 Å². The van der Waals surface area contributed by atoms with Crippen molar-refractivity contribution in [3.8, 4) is 0 Å². The van der Waals surface area contributed by atoms with Crippen LogP contribution in [0.4, 0.5) is 21.1 Å². The van der Waals surface area contributed by atoms with E-state index in [9.17, 15) is 21.1 Å². The SMILES string of the molecule is [F][Al]([F])[F].[F][Al]([F])[F].[H-].[Na+]. The molecule has 0 spiro atoms. The van der Waals surface area contributed by atoms with E-state index in [1.807, 2.05) is 0 Å². The molecular weight excluding hydrogens is 191 g/mol. The van der Waals surface area contributed by atoms with Crippen molar-refractivity contribution < 1.29 is 52.1 Å². The Balaban J connectivity index is -0.0000000300. The predicted molar refractivity (Wildman–Crippen MR) is 19.3 cm³/mol. The fourth-order valence-electron chi connectivity index (χ4n) is 0. The summed E-state index contributed by atoms with van der Waals surface area (Å²) in [4.78, 5) is 0. The maximum Gasteiger partial charge on any atom is 1.04 e. The molecule has 0 aliphatic carbocycles. The summed E-state index contributed by atoms with van der Waals surface area (Å²) >= 11 is -9.28. The maximum absolute atomic E-state index is 9.81. The molecule has 0 aromatic heterocycles. The van der Waals surface area contributed by atoms with E-state index in [-0.39, 0.29) is 31.0 Å². The van der Waals surface area contributed by atoms with Gasteiger partial charge in [-0.3, -0.25) is 0 Å². The van der Waals surface area contributed by atoms with Crippen molar-refractivity contribution in [2.24, 2.45) is 0 Å². The van der Waals surface area contributed by atoms with Crippen LogP contribution in [-0.2, 0) is 0 Å². The third-order valence-corrected chi connectivity index (χ3v) is 0. The minimum absolute atomic E-state index is 0. The van der Waals surface area contributed by atoms with Gasteiger partial charge in [-0.15, -0.1) is 0 Å².